The minimum atomic E-state index is -1.32. The Morgan fingerprint density at radius 2 is 1.90 bits per heavy atom. The van der Waals surface area contributed by atoms with Crippen molar-refractivity contribution in [3.8, 4) is 11.5 Å². The van der Waals surface area contributed by atoms with Gasteiger partial charge in [0.05, 0.1) is 10.6 Å². The van der Waals surface area contributed by atoms with E-state index in [1.165, 1.54) is 6.07 Å². The van der Waals surface area contributed by atoms with Crippen LogP contribution in [0.5, 0.6) is 11.5 Å². The monoisotopic (exact) mass is 299 g/mol. The Hall–Kier alpha value is -2.34. The third-order valence-electron chi connectivity index (χ3n) is 2.45. The Morgan fingerprint density at radius 3 is 2.50 bits per heavy atom. The number of nitrogen functional groups attached to an aromatic ring is 1. The highest BCUT2D eigenvalue weighted by Gasteiger charge is 2.15. The molecule has 0 radical (unpaired) electrons. The van der Waals surface area contributed by atoms with E-state index in [1.807, 2.05) is 0 Å². The number of benzene rings is 2. The first kappa shape index (κ1) is 14.1. The second kappa shape index (κ2) is 5.34. The summed E-state index contributed by atoms with van der Waals surface area (Å²) in [6.45, 7) is 0. The number of aromatic carboxylic acids is 1. The molecule has 0 unspecified atom stereocenters. The Labute approximate surface area is 117 Å². The van der Waals surface area contributed by atoms with Crippen molar-refractivity contribution in [3.05, 3.63) is 52.6 Å². The van der Waals surface area contributed by atoms with Gasteiger partial charge in [0.2, 0.25) is 0 Å². The van der Waals surface area contributed by atoms with Crippen molar-refractivity contribution in [1.29, 1.82) is 0 Å². The number of nitrogens with two attached hydrogens (primary N) is 1. The van der Waals surface area contributed by atoms with E-state index in [9.17, 15) is 13.6 Å². The van der Waals surface area contributed by atoms with Crippen LogP contribution in [-0.2, 0) is 0 Å². The van der Waals surface area contributed by atoms with Crippen LogP contribution >= 0.6 is 11.6 Å². The molecule has 2 aromatic rings. The molecule has 20 heavy (non-hydrogen) atoms. The van der Waals surface area contributed by atoms with Gasteiger partial charge in [-0.1, -0.05) is 11.6 Å². The highest BCUT2D eigenvalue weighted by molar-refractivity contribution is 6.32. The van der Waals surface area contributed by atoms with Crippen molar-refractivity contribution < 1.29 is 23.4 Å². The molecule has 0 atom stereocenters. The van der Waals surface area contributed by atoms with E-state index in [0.29, 0.717) is 0 Å². The lowest BCUT2D eigenvalue weighted by Gasteiger charge is -2.10. The largest absolute Gasteiger partial charge is 0.478 e. The summed E-state index contributed by atoms with van der Waals surface area (Å²) in [7, 11) is 0. The molecule has 0 fully saturated rings. The van der Waals surface area contributed by atoms with Gasteiger partial charge < -0.3 is 15.6 Å². The lowest BCUT2D eigenvalue weighted by Crippen LogP contribution is -2.04. The number of carboxylic acid groups (broad SMARTS) is 1. The summed E-state index contributed by atoms with van der Waals surface area (Å²) in [6.07, 6.45) is 0. The molecular weight excluding hydrogens is 292 g/mol. The minimum Gasteiger partial charge on any atom is -0.478 e. The fourth-order valence-electron chi connectivity index (χ4n) is 1.51. The summed E-state index contributed by atoms with van der Waals surface area (Å²) in [4.78, 5) is 10.9. The maximum atomic E-state index is 13.7. The van der Waals surface area contributed by atoms with Crippen LogP contribution < -0.4 is 10.5 Å². The summed E-state index contributed by atoms with van der Waals surface area (Å²) in [5, 5.41) is 8.83. The van der Waals surface area contributed by atoms with E-state index < -0.39 is 17.6 Å². The minimum absolute atomic E-state index is 0.00641. The third kappa shape index (κ3) is 2.80. The average Bonchev–Trinajstić information content (AvgIpc) is 2.35. The first-order chi connectivity index (χ1) is 9.38. The molecule has 0 amide bonds. The van der Waals surface area contributed by atoms with Crippen LogP contribution in [0.4, 0.5) is 14.5 Å². The Morgan fingerprint density at radius 1 is 1.20 bits per heavy atom. The van der Waals surface area contributed by atoms with Crippen LogP contribution in [0.15, 0.2) is 30.3 Å². The van der Waals surface area contributed by atoms with E-state index in [0.717, 1.165) is 24.3 Å². The topological polar surface area (TPSA) is 72.5 Å². The van der Waals surface area contributed by atoms with Crippen LogP contribution in [0, 0.1) is 11.6 Å². The van der Waals surface area contributed by atoms with Gasteiger partial charge in [0.1, 0.15) is 11.6 Å². The number of hydrogen-bond donors (Lipinski definition) is 2. The van der Waals surface area contributed by atoms with Crippen molar-refractivity contribution in [3.63, 3.8) is 0 Å². The van der Waals surface area contributed by atoms with Crippen LogP contribution in [0.1, 0.15) is 10.4 Å². The molecule has 104 valence electrons. The van der Waals surface area contributed by atoms with Crippen LogP contribution in [-0.4, -0.2) is 11.1 Å². The molecule has 0 aromatic heterocycles. The first-order valence-corrected chi connectivity index (χ1v) is 5.71. The van der Waals surface area contributed by atoms with Gasteiger partial charge in [-0.25, -0.2) is 13.6 Å². The van der Waals surface area contributed by atoms with E-state index >= 15 is 0 Å². The molecule has 0 saturated heterocycles. The molecule has 7 heteroatoms. The number of hydrogen-bond acceptors (Lipinski definition) is 3. The van der Waals surface area contributed by atoms with Gasteiger partial charge in [0.25, 0.3) is 0 Å². The van der Waals surface area contributed by atoms with E-state index in [4.69, 9.17) is 27.2 Å². The third-order valence-corrected chi connectivity index (χ3v) is 2.74. The molecular formula is C13H8ClF2NO3. The SMILES string of the molecule is Nc1cc(F)c(Oc2ccc(F)cc2Cl)cc1C(=O)O. The van der Waals surface area contributed by atoms with Gasteiger partial charge >= 0.3 is 5.97 Å². The summed E-state index contributed by atoms with van der Waals surface area (Å²) < 4.78 is 31.7. The number of carboxylic acids is 1. The predicted molar refractivity (Wildman–Crippen MR) is 69.3 cm³/mol. The van der Waals surface area contributed by atoms with Gasteiger partial charge in [0.15, 0.2) is 11.6 Å². The Bertz CT molecular complexity index is 692. The first-order valence-electron chi connectivity index (χ1n) is 5.33. The van der Waals surface area contributed by atoms with Gasteiger partial charge in [-0.2, -0.15) is 0 Å². The molecule has 0 spiro atoms. The second-order valence-electron chi connectivity index (χ2n) is 3.85. The van der Waals surface area contributed by atoms with Crippen molar-refractivity contribution in [2.24, 2.45) is 0 Å². The van der Waals surface area contributed by atoms with E-state index in [2.05, 4.69) is 0 Å². The highest BCUT2D eigenvalue weighted by atomic mass is 35.5. The van der Waals surface area contributed by atoms with Crippen molar-refractivity contribution in [2.75, 3.05) is 5.73 Å². The van der Waals surface area contributed by atoms with E-state index in [-0.39, 0.29) is 27.8 Å². The molecule has 0 aliphatic rings. The summed E-state index contributed by atoms with van der Waals surface area (Å²) >= 11 is 5.74. The average molecular weight is 300 g/mol. The van der Waals surface area contributed by atoms with Crippen LogP contribution in [0.2, 0.25) is 5.02 Å². The molecule has 0 aliphatic heterocycles. The van der Waals surface area contributed by atoms with Gasteiger partial charge in [-0.15, -0.1) is 0 Å². The number of anilines is 1. The zero-order chi connectivity index (χ0) is 14.9. The molecule has 3 N–H and O–H groups in total. The number of halogens is 3. The van der Waals surface area contributed by atoms with Crippen LogP contribution in [0.25, 0.3) is 0 Å². The Kier molecular flexibility index (Phi) is 3.76. The summed E-state index contributed by atoms with van der Waals surface area (Å²) in [5.41, 5.74) is 4.85. The standard InChI is InChI=1S/C13H8ClF2NO3/c14-8-3-6(15)1-2-11(8)20-12-4-7(13(18)19)10(17)5-9(12)16/h1-5H,17H2,(H,18,19). The molecule has 0 saturated carbocycles. The van der Waals surface area contributed by atoms with Crippen molar-refractivity contribution in [1.82, 2.24) is 0 Å². The molecule has 2 rings (SSSR count). The van der Waals surface area contributed by atoms with Crippen molar-refractivity contribution >= 4 is 23.3 Å². The molecule has 2 aromatic carbocycles. The predicted octanol–water partition coefficient (Wildman–Crippen LogP) is 3.69. The molecule has 0 aliphatic carbocycles. The van der Waals surface area contributed by atoms with Crippen LogP contribution in [0.3, 0.4) is 0 Å². The molecule has 0 heterocycles. The number of ether oxygens (including phenoxy) is 1. The normalized spacial score (nSPS) is 10.3. The lowest BCUT2D eigenvalue weighted by atomic mass is 10.1. The number of rotatable bonds is 3. The summed E-state index contributed by atoms with van der Waals surface area (Å²) in [6, 6.07) is 5.04. The quantitative estimate of drug-likeness (QED) is 0.848. The maximum Gasteiger partial charge on any atom is 0.337 e. The second-order valence-corrected chi connectivity index (χ2v) is 4.26. The zero-order valence-corrected chi connectivity index (χ0v) is 10.6. The maximum absolute atomic E-state index is 13.7. The zero-order valence-electron chi connectivity index (χ0n) is 9.86. The lowest BCUT2D eigenvalue weighted by molar-refractivity contribution is 0.0697. The van der Waals surface area contributed by atoms with E-state index in [1.54, 1.807) is 0 Å². The van der Waals surface area contributed by atoms with Crippen molar-refractivity contribution in [2.45, 2.75) is 0 Å². The smallest absolute Gasteiger partial charge is 0.337 e. The van der Waals surface area contributed by atoms with Gasteiger partial charge in [-0.05, 0) is 18.2 Å². The molecule has 0 bridgehead atoms. The summed E-state index contributed by atoms with van der Waals surface area (Å²) in [5.74, 6) is -3.13. The molecule has 4 nitrogen and oxygen atoms in total. The number of carbonyl (C=O) groups is 1. The van der Waals surface area contributed by atoms with Gasteiger partial charge in [0, 0.05) is 17.8 Å². The Balaban J connectivity index is 2.43. The fourth-order valence-corrected chi connectivity index (χ4v) is 1.71. The van der Waals surface area contributed by atoms with Gasteiger partial charge in [-0.3, -0.25) is 0 Å². The highest BCUT2D eigenvalue weighted by Crippen LogP contribution is 2.33. The fraction of sp³-hybridized carbons (Fsp3) is 0.